The molecule has 1 aliphatic carbocycles. The maximum atomic E-state index is 6.37. The molecule has 3 rings (SSSR count). The second-order valence-corrected chi connectivity index (χ2v) is 6.94. The Balaban J connectivity index is 1.58. The second-order valence-electron chi connectivity index (χ2n) is 6.94. The Kier molecular flexibility index (Phi) is 4.34. The van der Waals surface area contributed by atoms with Crippen molar-refractivity contribution in [3.05, 3.63) is 0 Å². The summed E-state index contributed by atoms with van der Waals surface area (Å²) < 4.78 is 11.8. The third kappa shape index (κ3) is 3.02. The quantitative estimate of drug-likeness (QED) is 0.817. The molecule has 116 valence electrons. The number of nitrogens with two attached hydrogens (primary N) is 1. The minimum Gasteiger partial charge on any atom is -0.347 e. The number of likely N-dealkylation sites (N-methyl/N-ethyl adjacent to an activating group) is 1. The fourth-order valence-electron chi connectivity index (χ4n) is 4.11. The highest BCUT2D eigenvalue weighted by atomic mass is 16.7. The van der Waals surface area contributed by atoms with Crippen LogP contribution in [0.5, 0.6) is 0 Å². The molecule has 2 N–H and O–H groups in total. The highest BCUT2D eigenvalue weighted by Gasteiger charge is 2.45. The summed E-state index contributed by atoms with van der Waals surface area (Å²) >= 11 is 0. The van der Waals surface area contributed by atoms with Crippen molar-refractivity contribution in [1.29, 1.82) is 0 Å². The van der Waals surface area contributed by atoms with Crippen molar-refractivity contribution in [2.45, 2.75) is 43.6 Å². The van der Waals surface area contributed by atoms with Crippen molar-refractivity contribution < 1.29 is 9.47 Å². The van der Waals surface area contributed by atoms with Gasteiger partial charge in [-0.25, -0.2) is 0 Å². The molecule has 5 heteroatoms. The Morgan fingerprint density at radius 1 is 1.30 bits per heavy atom. The molecule has 1 saturated carbocycles. The summed E-state index contributed by atoms with van der Waals surface area (Å²) in [6.07, 6.45) is 4.18. The van der Waals surface area contributed by atoms with Crippen molar-refractivity contribution in [3.8, 4) is 0 Å². The van der Waals surface area contributed by atoms with Gasteiger partial charge in [0.2, 0.25) is 0 Å². The molecule has 3 fully saturated rings. The summed E-state index contributed by atoms with van der Waals surface area (Å²) in [6, 6.07) is 0.630. The van der Waals surface area contributed by atoms with Crippen LogP contribution in [-0.2, 0) is 9.47 Å². The summed E-state index contributed by atoms with van der Waals surface area (Å²) in [5.74, 6) is 0.446. The van der Waals surface area contributed by atoms with Crippen LogP contribution in [0.2, 0.25) is 0 Å². The van der Waals surface area contributed by atoms with Crippen LogP contribution >= 0.6 is 0 Å². The summed E-state index contributed by atoms with van der Waals surface area (Å²) in [7, 11) is 4.43. The van der Waals surface area contributed by atoms with E-state index in [2.05, 4.69) is 23.9 Å². The van der Waals surface area contributed by atoms with Gasteiger partial charge < -0.3 is 25.0 Å². The molecule has 0 aromatic carbocycles. The van der Waals surface area contributed by atoms with Gasteiger partial charge in [0.25, 0.3) is 0 Å². The first-order valence-electron chi connectivity index (χ1n) is 8.00. The zero-order chi connectivity index (χ0) is 14.2. The van der Waals surface area contributed by atoms with E-state index in [1.165, 1.54) is 19.5 Å². The van der Waals surface area contributed by atoms with Gasteiger partial charge in [-0.2, -0.15) is 0 Å². The molecule has 20 heavy (non-hydrogen) atoms. The van der Waals surface area contributed by atoms with E-state index in [9.17, 15) is 0 Å². The Bertz CT molecular complexity index is 333. The normalized spacial score (nSPS) is 38.1. The Morgan fingerprint density at radius 2 is 2.05 bits per heavy atom. The first kappa shape index (κ1) is 14.7. The summed E-state index contributed by atoms with van der Waals surface area (Å²) in [6.45, 7) is 5.05. The third-order valence-electron chi connectivity index (χ3n) is 5.29. The smallest absolute Gasteiger partial charge is 0.170 e. The maximum absolute atomic E-state index is 6.37. The van der Waals surface area contributed by atoms with Crippen LogP contribution in [0.3, 0.4) is 0 Å². The minimum absolute atomic E-state index is 0.248. The van der Waals surface area contributed by atoms with Crippen LogP contribution < -0.4 is 5.73 Å². The van der Waals surface area contributed by atoms with Gasteiger partial charge in [-0.05, 0) is 39.4 Å². The van der Waals surface area contributed by atoms with Gasteiger partial charge in [-0.15, -0.1) is 0 Å². The topological polar surface area (TPSA) is 51.0 Å². The molecule has 2 saturated heterocycles. The van der Waals surface area contributed by atoms with E-state index in [0.717, 1.165) is 44.9 Å². The van der Waals surface area contributed by atoms with Gasteiger partial charge in [-0.1, -0.05) is 0 Å². The lowest BCUT2D eigenvalue weighted by Crippen LogP contribution is -2.56. The lowest BCUT2D eigenvalue weighted by atomic mass is 9.85. The largest absolute Gasteiger partial charge is 0.347 e. The van der Waals surface area contributed by atoms with Crippen molar-refractivity contribution in [1.82, 2.24) is 9.80 Å². The lowest BCUT2D eigenvalue weighted by Gasteiger charge is -2.44. The molecule has 0 aromatic heterocycles. The molecule has 2 aliphatic heterocycles. The number of ether oxygens (including phenoxy) is 2. The maximum Gasteiger partial charge on any atom is 0.170 e. The van der Waals surface area contributed by atoms with Crippen LogP contribution in [0.4, 0.5) is 0 Å². The Morgan fingerprint density at radius 3 is 2.70 bits per heavy atom. The van der Waals surface area contributed by atoms with E-state index in [4.69, 9.17) is 15.2 Å². The molecule has 0 aromatic rings. The van der Waals surface area contributed by atoms with Gasteiger partial charge in [0.1, 0.15) is 0 Å². The van der Waals surface area contributed by atoms with Crippen molar-refractivity contribution >= 4 is 0 Å². The van der Waals surface area contributed by atoms with Crippen LogP contribution in [0.25, 0.3) is 0 Å². The summed E-state index contributed by atoms with van der Waals surface area (Å²) in [5, 5.41) is 0. The number of hydrogen-bond donors (Lipinski definition) is 1. The van der Waals surface area contributed by atoms with Crippen LogP contribution in [0.1, 0.15) is 25.7 Å². The van der Waals surface area contributed by atoms with Crippen LogP contribution in [0.15, 0.2) is 0 Å². The second kappa shape index (κ2) is 5.89. The standard InChI is InChI=1S/C15H29N3O2/c1-17-6-4-12(10-17)11-18(2)14-9-15(5-3-13(14)16)19-7-8-20-15/h12-14H,3-11,16H2,1-2H3. The van der Waals surface area contributed by atoms with Crippen molar-refractivity contribution in [2.24, 2.45) is 11.7 Å². The molecule has 3 aliphatic rings. The van der Waals surface area contributed by atoms with Gasteiger partial charge in [0.05, 0.1) is 13.2 Å². The molecule has 3 atom stereocenters. The van der Waals surface area contributed by atoms with E-state index in [0.29, 0.717) is 6.04 Å². The van der Waals surface area contributed by atoms with E-state index in [1.807, 2.05) is 0 Å². The molecular formula is C15H29N3O2. The average Bonchev–Trinajstić information content (AvgIpc) is 3.03. The Hall–Kier alpha value is -0.200. The predicted molar refractivity (Wildman–Crippen MR) is 78.5 cm³/mol. The molecule has 3 unspecified atom stereocenters. The first-order valence-corrected chi connectivity index (χ1v) is 8.00. The van der Waals surface area contributed by atoms with Crippen molar-refractivity contribution in [2.75, 3.05) is 46.9 Å². The molecule has 0 bridgehead atoms. The highest BCUT2D eigenvalue weighted by molar-refractivity contribution is 4.95. The molecule has 1 spiro atoms. The number of hydrogen-bond acceptors (Lipinski definition) is 5. The SMILES string of the molecule is CN1CCC(CN(C)C2CC3(CCC2N)OCCO3)C1. The zero-order valence-electron chi connectivity index (χ0n) is 12.9. The average molecular weight is 283 g/mol. The van der Waals surface area contributed by atoms with Crippen LogP contribution in [-0.4, -0.2) is 74.6 Å². The Labute approximate surface area is 122 Å². The summed E-state index contributed by atoms with van der Waals surface area (Å²) in [5.41, 5.74) is 6.37. The van der Waals surface area contributed by atoms with E-state index < -0.39 is 0 Å². The first-order chi connectivity index (χ1) is 9.58. The monoisotopic (exact) mass is 283 g/mol. The van der Waals surface area contributed by atoms with Gasteiger partial charge >= 0.3 is 0 Å². The fourth-order valence-corrected chi connectivity index (χ4v) is 4.11. The number of rotatable bonds is 3. The van der Waals surface area contributed by atoms with Crippen LogP contribution in [0, 0.1) is 5.92 Å². The molecule has 2 heterocycles. The third-order valence-corrected chi connectivity index (χ3v) is 5.29. The van der Waals surface area contributed by atoms with Gasteiger partial charge in [-0.3, -0.25) is 0 Å². The fraction of sp³-hybridized carbons (Fsp3) is 1.00. The van der Waals surface area contributed by atoms with E-state index in [-0.39, 0.29) is 11.8 Å². The molecule has 5 nitrogen and oxygen atoms in total. The zero-order valence-corrected chi connectivity index (χ0v) is 12.9. The van der Waals surface area contributed by atoms with Gasteiger partial charge in [0, 0.05) is 38.0 Å². The molecule has 0 amide bonds. The molecular weight excluding hydrogens is 254 g/mol. The predicted octanol–water partition coefficient (Wildman–Crippen LogP) is 0.493. The number of likely N-dealkylation sites (tertiary alicyclic amines) is 1. The lowest BCUT2D eigenvalue weighted by molar-refractivity contribution is -0.191. The van der Waals surface area contributed by atoms with Gasteiger partial charge in [0.15, 0.2) is 5.79 Å². The highest BCUT2D eigenvalue weighted by Crippen LogP contribution is 2.37. The molecule has 0 radical (unpaired) electrons. The van der Waals surface area contributed by atoms with E-state index >= 15 is 0 Å². The number of nitrogens with zero attached hydrogens (tertiary/aromatic N) is 2. The summed E-state index contributed by atoms with van der Waals surface area (Å²) in [4.78, 5) is 4.88. The van der Waals surface area contributed by atoms with Crippen molar-refractivity contribution in [3.63, 3.8) is 0 Å². The van der Waals surface area contributed by atoms with E-state index in [1.54, 1.807) is 0 Å². The minimum atomic E-state index is -0.332.